The zero-order valence-corrected chi connectivity index (χ0v) is 6.27. The van der Waals surface area contributed by atoms with E-state index in [-0.39, 0.29) is 9.85 Å². The summed E-state index contributed by atoms with van der Waals surface area (Å²) in [6, 6.07) is 0. The fraction of sp³-hybridized carbons (Fsp3) is 0. The molecule has 0 radical (unpaired) electrons. The lowest BCUT2D eigenvalue weighted by molar-refractivity contribution is -0.134. The summed E-state index contributed by atoms with van der Waals surface area (Å²) in [6.07, 6.45) is 0. The zero-order valence-electron chi connectivity index (χ0n) is 4.63. The highest BCUT2D eigenvalue weighted by Gasteiger charge is 2.26. The van der Waals surface area contributed by atoms with E-state index in [0.717, 1.165) is 0 Å². The number of ketones is 1. The quantitative estimate of drug-likeness (QED) is 0.360. The standard InChI is InChI=1S/C4H2N2O2S2/c7-1-2(9)4(10)6-5-3(1)8/h(H,5,8)(H,6,10). The number of hydrogen-bond acceptors (Lipinski definition) is 4. The van der Waals surface area contributed by atoms with E-state index in [1.807, 2.05) is 5.43 Å². The van der Waals surface area contributed by atoms with Crippen molar-refractivity contribution in [3.8, 4) is 0 Å². The van der Waals surface area contributed by atoms with Crippen molar-refractivity contribution in [3.05, 3.63) is 0 Å². The minimum Gasteiger partial charge on any atom is -0.287 e. The van der Waals surface area contributed by atoms with E-state index in [1.54, 1.807) is 0 Å². The van der Waals surface area contributed by atoms with Crippen molar-refractivity contribution in [2.45, 2.75) is 0 Å². The first-order valence-electron chi connectivity index (χ1n) is 2.32. The summed E-state index contributed by atoms with van der Waals surface area (Å²) in [6.45, 7) is 0. The van der Waals surface area contributed by atoms with Crippen molar-refractivity contribution in [1.29, 1.82) is 0 Å². The van der Waals surface area contributed by atoms with E-state index in [4.69, 9.17) is 0 Å². The van der Waals surface area contributed by atoms with E-state index in [2.05, 4.69) is 29.9 Å². The average Bonchev–Trinajstić information content (AvgIpc) is 1.93. The van der Waals surface area contributed by atoms with Gasteiger partial charge in [-0.3, -0.25) is 20.4 Å². The van der Waals surface area contributed by atoms with E-state index >= 15 is 0 Å². The number of rotatable bonds is 0. The minimum atomic E-state index is -0.765. The predicted molar refractivity (Wildman–Crippen MR) is 41.5 cm³/mol. The highest BCUT2D eigenvalue weighted by molar-refractivity contribution is 7.91. The highest BCUT2D eigenvalue weighted by atomic mass is 32.1. The van der Waals surface area contributed by atoms with Gasteiger partial charge in [0, 0.05) is 0 Å². The lowest BCUT2D eigenvalue weighted by atomic mass is 10.2. The first-order chi connectivity index (χ1) is 4.63. The molecule has 0 unspecified atom stereocenters. The van der Waals surface area contributed by atoms with Crippen molar-refractivity contribution in [1.82, 2.24) is 10.9 Å². The van der Waals surface area contributed by atoms with Crippen molar-refractivity contribution in [3.63, 3.8) is 0 Å². The van der Waals surface area contributed by atoms with E-state index in [0.29, 0.717) is 0 Å². The molecule has 2 N–H and O–H groups in total. The lowest BCUT2D eigenvalue weighted by Crippen LogP contribution is -2.55. The van der Waals surface area contributed by atoms with Gasteiger partial charge in [-0.15, -0.1) is 0 Å². The first kappa shape index (κ1) is 7.23. The summed E-state index contributed by atoms with van der Waals surface area (Å²) in [5.41, 5.74) is 4.33. The molecule has 1 amide bonds. The molecule has 0 aromatic carbocycles. The average molecular weight is 174 g/mol. The van der Waals surface area contributed by atoms with Crippen LogP contribution in [-0.4, -0.2) is 21.5 Å². The molecule has 1 saturated heterocycles. The third kappa shape index (κ3) is 1.03. The Morgan fingerprint density at radius 1 is 1.10 bits per heavy atom. The summed E-state index contributed by atoms with van der Waals surface area (Å²) >= 11 is 9.08. The smallest absolute Gasteiger partial charge is 0.287 e. The number of carbonyl (C=O) groups is 2. The van der Waals surface area contributed by atoms with Crippen molar-refractivity contribution >= 4 is 46.0 Å². The molecule has 1 aliphatic heterocycles. The molecule has 0 atom stereocenters. The monoisotopic (exact) mass is 174 g/mol. The Bertz CT molecular complexity index is 222. The van der Waals surface area contributed by atoms with Gasteiger partial charge in [-0.2, -0.15) is 0 Å². The van der Waals surface area contributed by atoms with Gasteiger partial charge in [0.25, 0.3) is 5.78 Å². The number of thiocarbonyl (C=S) groups is 2. The van der Waals surface area contributed by atoms with Crippen LogP contribution >= 0.6 is 24.4 Å². The molecule has 6 heteroatoms. The van der Waals surface area contributed by atoms with Crippen LogP contribution in [0.25, 0.3) is 0 Å². The van der Waals surface area contributed by atoms with Crippen molar-refractivity contribution in [2.75, 3.05) is 0 Å². The fourth-order valence-corrected chi connectivity index (χ4v) is 0.721. The van der Waals surface area contributed by atoms with Gasteiger partial charge >= 0.3 is 5.91 Å². The van der Waals surface area contributed by atoms with Gasteiger partial charge < -0.3 is 0 Å². The minimum absolute atomic E-state index is 0.0969. The molecule has 4 nitrogen and oxygen atoms in total. The Kier molecular flexibility index (Phi) is 1.73. The van der Waals surface area contributed by atoms with Crippen LogP contribution in [0.2, 0.25) is 0 Å². The number of carbonyl (C=O) groups excluding carboxylic acids is 2. The highest BCUT2D eigenvalue weighted by Crippen LogP contribution is 1.89. The maximum absolute atomic E-state index is 10.7. The summed E-state index contributed by atoms with van der Waals surface area (Å²) in [5, 5.41) is 0. The van der Waals surface area contributed by atoms with Crippen LogP contribution in [0, 0.1) is 0 Å². The molecule has 1 fully saturated rings. The summed E-state index contributed by atoms with van der Waals surface area (Å²) in [7, 11) is 0. The molecule has 1 rings (SSSR count). The second kappa shape index (κ2) is 2.39. The maximum Gasteiger partial charge on any atom is 0.311 e. The molecular formula is C4H2N2O2S2. The third-order valence-electron chi connectivity index (χ3n) is 0.908. The number of amides is 1. The molecule has 0 aliphatic carbocycles. The maximum atomic E-state index is 10.7. The van der Waals surface area contributed by atoms with Crippen LogP contribution in [0.15, 0.2) is 0 Å². The van der Waals surface area contributed by atoms with E-state index in [9.17, 15) is 9.59 Å². The number of Topliss-reactive ketones (excluding diaryl/α,β-unsaturated/α-hetero) is 1. The topological polar surface area (TPSA) is 58.2 Å². The summed E-state index contributed by atoms with van der Waals surface area (Å²) in [4.78, 5) is 21.1. The Morgan fingerprint density at radius 3 is 2.20 bits per heavy atom. The van der Waals surface area contributed by atoms with Gasteiger partial charge in [0.15, 0.2) is 0 Å². The Balaban J connectivity index is 2.90. The van der Waals surface area contributed by atoms with Crippen molar-refractivity contribution < 1.29 is 9.59 Å². The number of nitrogens with one attached hydrogen (secondary N) is 2. The second-order valence-corrected chi connectivity index (χ2v) is 2.38. The molecule has 1 aliphatic rings. The van der Waals surface area contributed by atoms with Crippen molar-refractivity contribution in [2.24, 2.45) is 0 Å². The second-order valence-electron chi connectivity index (χ2n) is 1.57. The zero-order chi connectivity index (χ0) is 7.72. The first-order valence-corrected chi connectivity index (χ1v) is 3.13. The molecular weight excluding hydrogens is 172 g/mol. The number of hydrazine groups is 1. The third-order valence-corrected chi connectivity index (χ3v) is 1.73. The van der Waals surface area contributed by atoms with Crippen LogP contribution in [0.4, 0.5) is 0 Å². The van der Waals surface area contributed by atoms with E-state index in [1.165, 1.54) is 0 Å². The van der Waals surface area contributed by atoms with Gasteiger partial charge in [0.2, 0.25) is 0 Å². The Morgan fingerprint density at radius 2 is 1.70 bits per heavy atom. The van der Waals surface area contributed by atoms with Gasteiger partial charge in [-0.1, -0.05) is 24.4 Å². The molecule has 0 saturated carbocycles. The van der Waals surface area contributed by atoms with Crippen LogP contribution in [0.3, 0.4) is 0 Å². The molecule has 10 heavy (non-hydrogen) atoms. The fourth-order valence-electron chi connectivity index (χ4n) is 0.433. The van der Waals surface area contributed by atoms with E-state index < -0.39 is 11.7 Å². The van der Waals surface area contributed by atoms with Crippen LogP contribution < -0.4 is 10.9 Å². The molecule has 1 heterocycles. The van der Waals surface area contributed by atoms with Crippen LogP contribution in [-0.2, 0) is 9.59 Å². The van der Waals surface area contributed by atoms with Gasteiger partial charge in [0.1, 0.15) is 9.85 Å². The Labute approximate surface area is 66.9 Å². The SMILES string of the molecule is O=C1NNC(=S)C(=S)C1=O. The van der Waals surface area contributed by atoms with Gasteiger partial charge in [0.05, 0.1) is 0 Å². The van der Waals surface area contributed by atoms with Crippen LogP contribution in [0.5, 0.6) is 0 Å². The molecule has 0 aromatic rings. The number of hydrogen-bond donors (Lipinski definition) is 2. The largest absolute Gasteiger partial charge is 0.311 e. The normalized spacial score (nSPS) is 18.4. The van der Waals surface area contributed by atoms with Gasteiger partial charge in [-0.25, -0.2) is 0 Å². The molecule has 52 valence electrons. The summed E-state index contributed by atoms with van der Waals surface area (Å²) < 4.78 is 0. The van der Waals surface area contributed by atoms with Gasteiger partial charge in [-0.05, 0) is 0 Å². The molecule has 0 aromatic heterocycles. The molecule has 0 spiro atoms. The Hall–Kier alpha value is -0.880. The predicted octanol–water partition coefficient (Wildman–Crippen LogP) is -1.11. The summed E-state index contributed by atoms with van der Waals surface area (Å²) in [5.74, 6) is -1.52. The molecule has 0 bridgehead atoms. The lowest BCUT2D eigenvalue weighted by Gasteiger charge is -2.13. The van der Waals surface area contributed by atoms with Crippen LogP contribution in [0.1, 0.15) is 0 Å².